The number of rotatable bonds is 9. The molecular formula is C46H35N3. The van der Waals surface area contributed by atoms with Gasteiger partial charge in [-0.25, -0.2) is 4.98 Å². The predicted octanol–water partition coefficient (Wildman–Crippen LogP) is 12.0. The first-order chi connectivity index (χ1) is 24.1. The molecule has 3 nitrogen and oxygen atoms in total. The Kier molecular flexibility index (Phi) is 9.25. The minimum Gasteiger partial charge on any atom is -0.264 e. The molecule has 7 rings (SSSR count). The molecule has 0 atom stereocenters. The summed E-state index contributed by atoms with van der Waals surface area (Å²) in [7, 11) is 0. The summed E-state index contributed by atoms with van der Waals surface area (Å²) in [6.45, 7) is 6.08. The second-order valence-electron chi connectivity index (χ2n) is 11.9. The van der Waals surface area contributed by atoms with Gasteiger partial charge in [-0.1, -0.05) is 133 Å². The Morgan fingerprint density at radius 3 is 1.55 bits per heavy atom. The first-order valence-corrected chi connectivity index (χ1v) is 16.4. The summed E-state index contributed by atoms with van der Waals surface area (Å²) in [5.41, 5.74) is 14.1. The van der Waals surface area contributed by atoms with E-state index in [-0.39, 0.29) is 0 Å². The lowest BCUT2D eigenvalue weighted by molar-refractivity contribution is 1.31. The highest BCUT2D eigenvalue weighted by molar-refractivity contribution is 5.84. The van der Waals surface area contributed by atoms with Gasteiger partial charge in [0.2, 0.25) is 0 Å². The summed E-state index contributed by atoms with van der Waals surface area (Å²) >= 11 is 0. The van der Waals surface area contributed by atoms with E-state index in [1.165, 1.54) is 0 Å². The van der Waals surface area contributed by atoms with Crippen LogP contribution in [0.3, 0.4) is 0 Å². The smallest absolute Gasteiger partial charge is 0.0715 e. The van der Waals surface area contributed by atoms with Gasteiger partial charge in [-0.3, -0.25) is 9.98 Å². The maximum absolute atomic E-state index is 5.11. The van der Waals surface area contributed by atoms with E-state index < -0.39 is 0 Å². The highest BCUT2D eigenvalue weighted by Crippen LogP contribution is 2.35. The van der Waals surface area contributed by atoms with Crippen LogP contribution in [0.15, 0.2) is 187 Å². The van der Waals surface area contributed by atoms with Crippen molar-refractivity contribution < 1.29 is 0 Å². The van der Waals surface area contributed by atoms with Crippen LogP contribution in [0.25, 0.3) is 67.3 Å². The monoisotopic (exact) mass is 629 g/mol. The molecule has 0 fully saturated rings. The van der Waals surface area contributed by atoms with Gasteiger partial charge >= 0.3 is 0 Å². The maximum Gasteiger partial charge on any atom is 0.0715 e. The number of benzene rings is 5. The van der Waals surface area contributed by atoms with Gasteiger partial charge in [0, 0.05) is 34.0 Å². The lowest BCUT2D eigenvalue weighted by Gasteiger charge is -2.14. The molecule has 0 aliphatic rings. The Hall–Kier alpha value is -6.45. The zero-order valence-electron chi connectivity index (χ0n) is 27.4. The third-order valence-corrected chi connectivity index (χ3v) is 8.58. The molecule has 0 N–H and O–H groups in total. The van der Waals surface area contributed by atoms with Gasteiger partial charge in [0.1, 0.15) is 0 Å². The molecule has 0 unspecified atom stereocenters. The predicted molar refractivity (Wildman–Crippen MR) is 207 cm³/mol. The summed E-state index contributed by atoms with van der Waals surface area (Å²) in [5, 5.41) is 0. The SMILES string of the molecule is C=N/C(=C\C=C(/C)c1ccccc1)c1cc(-c2cc(-c3ccccc3)nc(-c3ccccc3)c2)cc(-c2ccc(-c3ccccc3)cn2)c1. The Labute approximate surface area is 288 Å². The van der Waals surface area contributed by atoms with Gasteiger partial charge in [-0.15, -0.1) is 0 Å². The second-order valence-corrected chi connectivity index (χ2v) is 11.9. The first-order valence-electron chi connectivity index (χ1n) is 16.4. The molecule has 0 spiro atoms. The van der Waals surface area contributed by atoms with Crippen LogP contribution in [0.5, 0.6) is 0 Å². The number of nitrogens with zero attached hydrogens (tertiary/aromatic N) is 3. The number of hydrogen-bond donors (Lipinski definition) is 0. The van der Waals surface area contributed by atoms with E-state index in [1.807, 2.05) is 72.9 Å². The number of allylic oxidation sites excluding steroid dienone is 3. The van der Waals surface area contributed by atoms with Gasteiger partial charge in [0.05, 0.1) is 22.8 Å². The molecule has 2 heterocycles. The van der Waals surface area contributed by atoms with Crippen molar-refractivity contribution in [1.82, 2.24) is 9.97 Å². The minimum absolute atomic E-state index is 0.778. The van der Waals surface area contributed by atoms with Crippen LogP contribution in [0.2, 0.25) is 0 Å². The average Bonchev–Trinajstić information content (AvgIpc) is 3.19. The van der Waals surface area contributed by atoms with Crippen LogP contribution in [0.4, 0.5) is 0 Å². The summed E-state index contributed by atoms with van der Waals surface area (Å²) < 4.78 is 0. The Morgan fingerprint density at radius 2 is 1.00 bits per heavy atom. The molecule has 0 bridgehead atoms. The van der Waals surface area contributed by atoms with E-state index in [1.54, 1.807) is 0 Å². The number of aromatic nitrogens is 2. The van der Waals surface area contributed by atoms with Crippen LogP contribution < -0.4 is 0 Å². The minimum atomic E-state index is 0.778. The van der Waals surface area contributed by atoms with Gasteiger partial charge in [-0.2, -0.15) is 0 Å². The molecule has 2 aromatic heterocycles. The van der Waals surface area contributed by atoms with Crippen molar-refractivity contribution in [2.75, 3.05) is 0 Å². The zero-order valence-corrected chi connectivity index (χ0v) is 27.4. The molecule has 0 radical (unpaired) electrons. The fourth-order valence-corrected chi connectivity index (χ4v) is 5.91. The standard InChI is InChI=1S/C46H35N3/c1-33(34-15-7-3-8-16-34)23-25-43(47-2)41-27-39(28-42(29-41)44-26-24-38(32-48-44)35-17-9-4-10-18-35)40-30-45(36-19-11-5-12-20-36)49-46(31-40)37-21-13-6-14-22-37/h3-32H,2H2,1H3/b33-23+,43-25-. The summed E-state index contributed by atoms with van der Waals surface area (Å²) in [6.07, 6.45) is 6.09. The molecule has 0 aliphatic heterocycles. The lowest BCUT2D eigenvalue weighted by Crippen LogP contribution is -1.93. The van der Waals surface area contributed by atoms with Crippen molar-refractivity contribution >= 4 is 18.0 Å². The first kappa shape index (κ1) is 31.2. The average molecular weight is 630 g/mol. The Bertz CT molecular complexity index is 2200. The van der Waals surface area contributed by atoms with Gasteiger partial charge < -0.3 is 0 Å². The topological polar surface area (TPSA) is 38.1 Å². The van der Waals surface area contributed by atoms with Crippen LogP contribution in [-0.4, -0.2) is 16.7 Å². The fourth-order valence-electron chi connectivity index (χ4n) is 5.91. The van der Waals surface area contributed by atoms with Crippen molar-refractivity contribution in [3.05, 3.63) is 193 Å². The van der Waals surface area contributed by atoms with Gasteiger partial charge in [0.15, 0.2) is 0 Å². The van der Waals surface area contributed by atoms with Gasteiger partial charge in [0.25, 0.3) is 0 Å². The molecule has 49 heavy (non-hydrogen) atoms. The van der Waals surface area contributed by atoms with Crippen LogP contribution in [-0.2, 0) is 0 Å². The summed E-state index contributed by atoms with van der Waals surface area (Å²) in [4.78, 5) is 14.6. The third-order valence-electron chi connectivity index (χ3n) is 8.58. The van der Waals surface area contributed by atoms with Crippen molar-refractivity contribution in [3.8, 4) is 56.0 Å². The number of hydrogen-bond acceptors (Lipinski definition) is 3. The van der Waals surface area contributed by atoms with Crippen LogP contribution >= 0.6 is 0 Å². The molecule has 234 valence electrons. The van der Waals surface area contributed by atoms with Crippen molar-refractivity contribution in [3.63, 3.8) is 0 Å². The number of aliphatic imine (C=N–C) groups is 1. The Morgan fingerprint density at radius 1 is 0.469 bits per heavy atom. The highest BCUT2D eigenvalue weighted by Gasteiger charge is 2.13. The fraction of sp³-hybridized carbons (Fsp3) is 0.0217. The molecule has 0 aliphatic carbocycles. The van der Waals surface area contributed by atoms with Crippen molar-refractivity contribution in [2.45, 2.75) is 6.92 Å². The lowest BCUT2D eigenvalue weighted by atomic mass is 9.94. The van der Waals surface area contributed by atoms with Crippen molar-refractivity contribution in [2.24, 2.45) is 4.99 Å². The molecule has 7 aromatic rings. The molecule has 0 saturated heterocycles. The van der Waals surface area contributed by atoms with Gasteiger partial charge in [-0.05, 0) is 83.9 Å². The van der Waals surface area contributed by atoms with E-state index in [4.69, 9.17) is 9.97 Å². The third kappa shape index (κ3) is 7.27. The number of pyridine rings is 2. The van der Waals surface area contributed by atoms with E-state index in [0.717, 1.165) is 78.4 Å². The largest absolute Gasteiger partial charge is 0.264 e. The quantitative estimate of drug-likeness (QED) is 0.118. The van der Waals surface area contributed by atoms with Crippen molar-refractivity contribution in [1.29, 1.82) is 0 Å². The van der Waals surface area contributed by atoms with E-state index >= 15 is 0 Å². The molecular weight excluding hydrogens is 595 g/mol. The van der Waals surface area contributed by atoms with E-state index in [2.05, 4.69) is 128 Å². The molecule has 3 heteroatoms. The summed E-state index contributed by atoms with van der Waals surface area (Å²) in [5.74, 6) is 0. The maximum atomic E-state index is 5.11. The van der Waals surface area contributed by atoms with Crippen LogP contribution in [0.1, 0.15) is 18.1 Å². The second kappa shape index (κ2) is 14.5. The molecule has 0 amide bonds. The normalized spacial score (nSPS) is 11.7. The molecule has 5 aromatic carbocycles. The summed E-state index contributed by atoms with van der Waals surface area (Å²) in [6, 6.07) is 56.4. The van der Waals surface area contributed by atoms with E-state index in [0.29, 0.717) is 0 Å². The van der Waals surface area contributed by atoms with Crippen LogP contribution in [0, 0.1) is 0 Å². The highest BCUT2D eigenvalue weighted by atomic mass is 14.7. The Balaban J connectivity index is 1.39. The van der Waals surface area contributed by atoms with E-state index in [9.17, 15) is 0 Å². The molecule has 0 saturated carbocycles. The zero-order chi connectivity index (χ0) is 33.4.